The maximum absolute atomic E-state index is 5.93. The Morgan fingerprint density at radius 1 is 0.938 bits per heavy atom. The molecular formula is C14H13NO. The summed E-state index contributed by atoms with van der Waals surface area (Å²) in [5.74, 6) is 0.957. The molecule has 2 aromatic carbocycles. The van der Waals surface area contributed by atoms with Crippen LogP contribution in [0.3, 0.4) is 0 Å². The number of nitrogens with zero attached hydrogens (tertiary/aromatic N) is 1. The van der Waals surface area contributed by atoms with E-state index in [9.17, 15) is 0 Å². The molecule has 0 aliphatic carbocycles. The summed E-state index contributed by atoms with van der Waals surface area (Å²) < 4.78 is 5.93. The fraction of sp³-hybridized carbons (Fsp3) is 0.143. The van der Waals surface area contributed by atoms with Gasteiger partial charge >= 0.3 is 0 Å². The van der Waals surface area contributed by atoms with Crippen molar-refractivity contribution < 1.29 is 4.74 Å². The Balaban J connectivity index is 1.99. The molecule has 0 radical (unpaired) electrons. The highest BCUT2D eigenvalue weighted by molar-refractivity contribution is 5.62. The fourth-order valence-corrected chi connectivity index (χ4v) is 2.08. The Bertz CT molecular complexity index is 495. The van der Waals surface area contributed by atoms with Gasteiger partial charge in [-0.25, -0.2) is 0 Å². The topological polar surface area (TPSA) is 12.5 Å². The lowest BCUT2D eigenvalue weighted by atomic mass is 10.2. The molecule has 3 rings (SSSR count). The minimum atomic E-state index is -0.00130. The number of para-hydroxylation sites is 2. The minimum Gasteiger partial charge on any atom is -0.464 e. The summed E-state index contributed by atoms with van der Waals surface area (Å²) in [6.07, 6.45) is -0.00130. The molecule has 1 heterocycles. The van der Waals surface area contributed by atoms with Gasteiger partial charge in [-0.15, -0.1) is 0 Å². The predicted octanol–water partition coefficient (Wildman–Crippen LogP) is 3.21. The zero-order valence-electron chi connectivity index (χ0n) is 9.13. The third kappa shape index (κ3) is 1.34. The van der Waals surface area contributed by atoms with Crippen molar-refractivity contribution in [3.05, 3.63) is 60.2 Å². The lowest BCUT2D eigenvalue weighted by Gasteiger charge is -2.20. The summed E-state index contributed by atoms with van der Waals surface area (Å²) in [5.41, 5.74) is 2.33. The molecule has 2 heteroatoms. The molecule has 0 saturated heterocycles. The Morgan fingerprint density at radius 3 is 2.38 bits per heavy atom. The number of rotatable bonds is 1. The molecule has 0 fully saturated rings. The number of benzene rings is 2. The quantitative estimate of drug-likeness (QED) is 0.718. The van der Waals surface area contributed by atoms with E-state index in [1.54, 1.807) is 0 Å². The predicted molar refractivity (Wildman–Crippen MR) is 64.7 cm³/mol. The maximum atomic E-state index is 5.93. The molecule has 0 bridgehead atoms. The molecule has 1 atom stereocenters. The summed E-state index contributed by atoms with van der Waals surface area (Å²) in [7, 11) is 2.06. The lowest BCUT2D eigenvalue weighted by Crippen LogP contribution is -2.22. The molecule has 0 saturated carbocycles. The number of hydrogen-bond acceptors (Lipinski definition) is 2. The largest absolute Gasteiger partial charge is 0.464 e. The first-order chi connectivity index (χ1) is 7.86. The maximum Gasteiger partial charge on any atom is 0.198 e. The highest BCUT2D eigenvalue weighted by Crippen LogP contribution is 2.41. The SMILES string of the molecule is CN1c2ccccc2OC1c1ccccc1. The van der Waals surface area contributed by atoms with Gasteiger partial charge in [0.25, 0.3) is 0 Å². The second-order valence-corrected chi connectivity index (χ2v) is 3.96. The Kier molecular flexibility index (Phi) is 2.07. The molecule has 1 aliphatic rings. The summed E-state index contributed by atoms with van der Waals surface area (Å²) in [6.45, 7) is 0. The first kappa shape index (κ1) is 9.28. The fourth-order valence-electron chi connectivity index (χ4n) is 2.08. The average Bonchev–Trinajstić information content (AvgIpc) is 2.69. The van der Waals surface area contributed by atoms with E-state index in [1.165, 1.54) is 5.56 Å². The van der Waals surface area contributed by atoms with Crippen LogP contribution in [0.25, 0.3) is 0 Å². The van der Waals surface area contributed by atoms with Crippen LogP contribution in [0.15, 0.2) is 54.6 Å². The van der Waals surface area contributed by atoms with Gasteiger partial charge in [-0.1, -0.05) is 42.5 Å². The Hall–Kier alpha value is -1.96. The second-order valence-electron chi connectivity index (χ2n) is 3.96. The molecule has 80 valence electrons. The van der Waals surface area contributed by atoms with E-state index in [0.717, 1.165) is 11.4 Å². The van der Waals surface area contributed by atoms with Gasteiger partial charge in [-0.3, -0.25) is 0 Å². The Morgan fingerprint density at radius 2 is 1.62 bits per heavy atom. The smallest absolute Gasteiger partial charge is 0.198 e. The van der Waals surface area contributed by atoms with E-state index in [0.29, 0.717) is 0 Å². The van der Waals surface area contributed by atoms with E-state index in [4.69, 9.17) is 4.74 Å². The van der Waals surface area contributed by atoms with Crippen LogP contribution in [0, 0.1) is 0 Å². The summed E-state index contributed by atoms with van der Waals surface area (Å²) >= 11 is 0. The zero-order chi connectivity index (χ0) is 11.0. The van der Waals surface area contributed by atoms with Crippen LogP contribution >= 0.6 is 0 Å². The van der Waals surface area contributed by atoms with E-state index in [1.807, 2.05) is 36.4 Å². The van der Waals surface area contributed by atoms with Gasteiger partial charge in [0.05, 0.1) is 5.69 Å². The standard InChI is InChI=1S/C14H13NO/c1-15-12-9-5-6-10-13(12)16-14(15)11-7-3-2-4-8-11/h2-10,14H,1H3. The highest BCUT2D eigenvalue weighted by Gasteiger charge is 2.28. The van der Waals surface area contributed by atoms with Gasteiger partial charge in [-0.2, -0.15) is 0 Å². The van der Waals surface area contributed by atoms with Crippen LogP contribution < -0.4 is 9.64 Å². The van der Waals surface area contributed by atoms with E-state index in [-0.39, 0.29) is 6.23 Å². The van der Waals surface area contributed by atoms with Crippen LogP contribution in [0.1, 0.15) is 11.8 Å². The molecule has 2 nitrogen and oxygen atoms in total. The number of anilines is 1. The molecule has 0 N–H and O–H groups in total. The van der Waals surface area contributed by atoms with Crippen LogP contribution in [-0.2, 0) is 0 Å². The van der Waals surface area contributed by atoms with Crippen molar-refractivity contribution in [2.75, 3.05) is 11.9 Å². The van der Waals surface area contributed by atoms with Crippen LogP contribution in [0.5, 0.6) is 5.75 Å². The molecule has 0 spiro atoms. The van der Waals surface area contributed by atoms with Crippen molar-refractivity contribution in [1.29, 1.82) is 0 Å². The second kappa shape index (κ2) is 3.56. The molecule has 16 heavy (non-hydrogen) atoms. The summed E-state index contributed by atoms with van der Waals surface area (Å²) in [5, 5.41) is 0. The number of fused-ring (bicyclic) bond motifs is 1. The molecular weight excluding hydrogens is 198 g/mol. The van der Waals surface area contributed by atoms with E-state index < -0.39 is 0 Å². The van der Waals surface area contributed by atoms with Crippen molar-refractivity contribution in [2.24, 2.45) is 0 Å². The van der Waals surface area contributed by atoms with E-state index in [2.05, 4.69) is 30.1 Å². The van der Waals surface area contributed by atoms with Gasteiger partial charge in [0, 0.05) is 12.6 Å². The van der Waals surface area contributed by atoms with Crippen molar-refractivity contribution in [1.82, 2.24) is 0 Å². The van der Waals surface area contributed by atoms with Gasteiger partial charge in [-0.05, 0) is 12.1 Å². The number of ether oxygens (including phenoxy) is 1. The molecule has 0 amide bonds. The monoisotopic (exact) mass is 211 g/mol. The average molecular weight is 211 g/mol. The van der Waals surface area contributed by atoms with Crippen molar-refractivity contribution in [2.45, 2.75) is 6.23 Å². The number of hydrogen-bond donors (Lipinski definition) is 0. The van der Waals surface area contributed by atoms with Gasteiger partial charge < -0.3 is 9.64 Å². The molecule has 2 aromatic rings. The minimum absolute atomic E-state index is 0.00130. The first-order valence-electron chi connectivity index (χ1n) is 5.40. The lowest BCUT2D eigenvalue weighted by molar-refractivity contribution is 0.235. The summed E-state index contributed by atoms with van der Waals surface area (Å²) in [4.78, 5) is 2.16. The van der Waals surface area contributed by atoms with Crippen LogP contribution in [-0.4, -0.2) is 7.05 Å². The Labute approximate surface area is 95.1 Å². The molecule has 0 aromatic heterocycles. The normalized spacial score (nSPS) is 18.1. The van der Waals surface area contributed by atoms with Gasteiger partial charge in [0.2, 0.25) is 0 Å². The van der Waals surface area contributed by atoms with Gasteiger partial charge in [0.1, 0.15) is 5.75 Å². The van der Waals surface area contributed by atoms with Crippen molar-refractivity contribution >= 4 is 5.69 Å². The third-order valence-corrected chi connectivity index (χ3v) is 2.92. The zero-order valence-corrected chi connectivity index (χ0v) is 9.13. The van der Waals surface area contributed by atoms with Gasteiger partial charge in [0.15, 0.2) is 6.23 Å². The van der Waals surface area contributed by atoms with E-state index >= 15 is 0 Å². The van der Waals surface area contributed by atoms with Crippen LogP contribution in [0.2, 0.25) is 0 Å². The highest BCUT2D eigenvalue weighted by atomic mass is 16.5. The molecule has 1 unspecified atom stereocenters. The molecule has 1 aliphatic heterocycles. The van der Waals surface area contributed by atoms with Crippen molar-refractivity contribution in [3.63, 3.8) is 0 Å². The van der Waals surface area contributed by atoms with Crippen LogP contribution in [0.4, 0.5) is 5.69 Å². The summed E-state index contributed by atoms with van der Waals surface area (Å²) in [6, 6.07) is 18.4. The third-order valence-electron chi connectivity index (χ3n) is 2.92. The van der Waals surface area contributed by atoms with Crippen molar-refractivity contribution in [3.8, 4) is 5.75 Å². The first-order valence-corrected chi connectivity index (χ1v) is 5.40.